The molecule has 0 bridgehead atoms. The highest BCUT2D eigenvalue weighted by atomic mass is 31.2. The maximum absolute atomic E-state index is 13.6. The highest BCUT2D eigenvalue weighted by molar-refractivity contribution is 7.45. The molecule has 0 aliphatic heterocycles. The van der Waals surface area contributed by atoms with Crippen molar-refractivity contribution in [2.24, 2.45) is 0 Å². The van der Waals surface area contributed by atoms with Crippen LogP contribution in [0.5, 0.6) is 0 Å². The van der Waals surface area contributed by atoms with Crippen LogP contribution in [0.15, 0.2) is 72.9 Å². The molecule has 1 amide bonds. The van der Waals surface area contributed by atoms with Gasteiger partial charge in [-0.2, -0.15) is 0 Å². The van der Waals surface area contributed by atoms with E-state index in [9.17, 15) is 19.0 Å². The summed E-state index contributed by atoms with van der Waals surface area (Å²) in [6.07, 6.45) is 74.4. The molecular formula is C68H125N2O7P. The first-order chi connectivity index (χ1) is 37.9. The molecule has 0 aliphatic carbocycles. The molecule has 0 fully saturated rings. The van der Waals surface area contributed by atoms with E-state index in [1.807, 2.05) is 33.3 Å². The Morgan fingerprint density at radius 3 is 1.26 bits per heavy atom. The molecule has 3 unspecified atom stereocenters. The lowest BCUT2D eigenvalue weighted by molar-refractivity contribution is -0.870. The highest BCUT2D eigenvalue weighted by Crippen LogP contribution is 2.38. The Morgan fingerprint density at radius 1 is 0.462 bits per heavy atom. The predicted molar refractivity (Wildman–Crippen MR) is 335 cm³/mol. The molecule has 0 spiro atoms. The van der Waals surface area contributed by atoms with E-state index in [1.54, 1.807) is 0 Å². The first-order valence-electron chi connectivity index (χ1n) is 32.7. The fourth-order valence-electron chi connectivity index (χ4n) is 9.33. The quantitative estimate of drug-likeness (QED) is 0.0212. The number of carbonyl (C=O) groups is 2. The molecule has 0 saturated carbocycles. The summed E-state index contributed by atoms with van der Waals surface area (Å²) in [4.78, 5) is 40.0. The first-order valence-corrected chi connectivity index (χ1v) is 34.2. The van der Waals surface area contributed by atoms with Gasteiger partial charge in [0.25, 0.3) is 7.82 Å². The van der Waals surface area contributed by atoms with Crippen molar-refractivity contribution in [1.29, 1.82) is 0 Å². The smallest absolute Gasteiger partial charge is 0.306 e. The van der Waals surface area contributed by atoms with Crippen LogP contribution in [0, 0.1) is 0 Å². The van der Waals surface area contributed by atoms with Gasteiger partial charge in [-0.25, -0.2) is 0 Å². The molecule has 0 radical (unpaired) electrons. The first kappa shape index (κ1) is 75.5. The number of phosphoric ester groups is 1. The summed E-state index contributed by atoms with van der Waals surface area (Å²) in [5.41, 5.74) is 0. The van der Waals surface area contributed by atoms with Gasteiger partial charge in [-0.1, -0.05) is 261 Å². The van der Waals surface area contributed by atoms with Gasteiger partial charge >= 0.3 is 5.97 Å². The van der Waals surface area contributed by atoms with Crippen molar-refractivity contribution in [1.82, 2.24) is 5.32 Å². The Labute approximate surface area is 483 Å². The predicted octanol–water partition coefficient (Wildman–Crippen LogP) is 19.8. The van der Waals surface area contributed by atoms with E-state index in [1.165, 1.54) is 167 Å². The molecule has 1 N–H and O–H groups in total. The number of nitrogens with zero attached hydrogens (tertiary/aromatic N) is 1. The topological polar surface area (TPSA) is 114 Å². The van der Waals surface area contributed by atoms with E-state index in [-0.39, 0.29) is 24.9 Å². The maximum atomic E-state index is 13.6. The lowest BCUT2D eigenvalue weighted by Gasteiger charge is -2.30. The zero-order valence-corrected chi connectivity index (χ0v) is 52.8. The Bertz CT molecular complexity index is 1570. The molecule has 78 heavy (non-hydrogen) atoms. The molecule has 0 rings (SSSR count). The summed E-state index contributed by atoms with van der Waals surface area (Å²) in [5, 5.41) is 3.03. The largest absolute Gasteiger partial charge is 0.756 e. The van der Waals surface area contributed by atoms with E-state index in [2.05, 4.69) is 86.8 Å². The normalized spacial score (nSPS) is 14.1. The maximum Gasteiger partial charge on any atom is 0.306 e. The average Bonchev–Trinajstić information content (AvgIpc) is 3.40. The van der Waals surface area contributed by atoms with Crippen molar-refractivity contribution in [3.05, 3.63) is 72.9 Å². The van der Waals surface area contributed by atoms with Crippen LogP contribution in [-0.2, 0) is 27.9 Å². The number of allylic oxidation sites excluding steroid dienone is 11. The van der Waals surface area contributed by atoms with Crippen LogP contribution < -0.4 is 10.2 Å². The molecule has 454 valence electrons. The van der Waals surface area contributed by atoms with E-state index in [0.717, 1.165) is 96.3 Å². The third-order valence-electron chi connectivity index (χ3n) is 14.4. The summed E-state index contributed by atoms with van der Waals surface area (Å²) in [6, 6.07) is -0.895. The molecule has 3 atom stereocenters. The number of ether oxygens (including phenoxy) is 1. The Balaban J connectivity index is 5.13. The fourth-order valence-corrected chi connectivity index (χ4v) is 10.1. The summed E-state index contributed by atoms with van der Waals surface area (Å²) in [6.45, 7) is 6.72. The second kappa shape index (κ2) is 57.7. The molecule has 9 nitrogen and oxygen atoms in total. The summed E-state index contributed by atoms with van der Waals surface area (Å²) in [5.74, 6) is -0.548. The molecular weight excluding hydrogens is 988 g/mol. The molecule has 10 heteroatoms. The SMILES string of the molecule is CC/C=C/C/C=C/CCCCCCCCCC(=O)OC(/C=C\CCCCCCCCCCCCC)C(COP(=O)([O-])OCC[N+](C)(C)C)NC(=O)CCCCCCCCCCCCCC/C=C\C/C=C\C/C=C\CCCCC. The lowest BCUT2D eigenvalue weighted by atomic mass is 10.0. The molecule has 0 aromatic carbocycles. The van der Waals surface area contributed by atoms with Crippen molar-refractivity contribution in [3.8, 4) is 0 Å². The van der Waals surface area contributed by atoms with Crippen molar-refractivity contribution < 1.29 is 37.3 Å². The van der Waals surface area contributed by atoms with Crippen molar-refractivity contribution in [2.75, 3.05) is 40.9 Å². The van der Waals surface area contributed by atoms with E-state index in [0.29, 0.717) is 17.4 Å². The molecule has 0 aromatic rings. The number of esters is 1. The number of nitrogens with one attached hydrogen (secondary N) is 1. The number of unbranched alkanes of at least 4 members (excludes halogenated alkanes) is 33. The van der Waals surface area contributed by atoms with Crippen LogP contribution in [0.25, 0.3) is 0 Å². The molecule has 0 saturated heterocycles. The summed E-state index contributed by atoms with van der Waals surface area (Å²) >= 11 is 0. The lowest BCUT2D eigenvalue weighted by Crippen LogP contribution is -2.47. The van der Waals surface area contributed by atoms with Crippen molar-refractivity contribution in [2.45, 2.75) is 309 Å². The zero-order valence-electron chi connectivity index (χ0n) is 51.9. The Hall–Kier alpha value is -2.55. The number of phosphoric acid groups is 1. The minimum atomic E-state index is -4.70. The highest BCUT2D eigenvalue weighted by Gasteiger charge is 2.27. The Kier molecular flexibility index (Phi) is 55.8. The van der Waals surface area contributed by atoms with Crippen LogP contribution in [0.1, 0.15) is 297 Å². The number of rotatable bonds is 59. The second-order valence-corrected chi connectivity index (χ2v) is 24.6. The van der Waals surface area contributed by atoms with E-state index in [4.69, 9.17) is 13.8 Å². The minimum Gasteiger partial charge on any atom is -0.756 e. The third kappa shape index (κ3) is 58.1. The van der Waals surface area contributed by atoms with Gasteiger partial charge in [-0.05, 0) is 96.0 Å². The number of quaternary nitrogens is 1. The number of hydrogen-bond acceptors (Lipinski definition) is 7. The van der Waals surface area contributed by atoms with Gasteiger partial charge in [0, 0.05) is 12.8 Å². The summed E-state index contributed by atoms with van der Waals surface area (Å²) in [7, 11) is 1.18. The molecule has 0 heterocycles. The number of carbonyl (C=O) groups excluding carboxylic acids is 2. The molecule has 0 aromatic heterocycles. The van der Waals surface area contributed by atoms with Crippen molar-refractivity contribution >= 4 is 19.7 Å². The number of amides is 1. The molecule has 0 aliphatic rings. The Morgan fingerprint density at radius 2 is 0.821 bits per heavy atom. The van der Waals surface area contributed by atoms with Gasteiger partial charge in [0.15, 0.2) is 0 Å². The zero-order chi connectivity index (χ0) is 57.2. The second-order valence-electron chi connectivity index (χ2n) is 23.2. The van der Waals surface area contributed by atoms with Crippen LogP contribution in [0.4, 0.5) is 0 Å². The fraction of sp³-hybridized carbons (Fsp3) is 0.794. The number of likely N-dealkylation sites (N-methyl/N-ethyl adjacent to an activating group) is 1. The van der Waals surface area contributed by atoms with Gasteiger partial charge in [-0.3, -0.25) is 14.2 Å². The van der Waals surface area contributed by atoms with Gasteiger partial charge in [0.2, 0.25) is 5.91 Å². The van der Waals surface area contributed by atoms with Crippen LogP contribution in [-0.4, -0.2) is 69.4 Å². The van der Waals surface area contributed by atoms with Crippen LogP contribution in [0.2, 0.25) is 0 Å². The third-order valence-corrected chi connectivity index (χ3v) is 15.3. The van der Waals surface area contributed by atoms with E-state index >= 15 is 0 Å². The number of hydrogen-bond donors (Lipinski definition) is 1. The minimum absolute atomic E-state index is 0.0255. The standard InChI is InChI=1S/C68H125N2O7P/c1-7-10-13-16-19-22-25-28-30-31-32-33-34-35-36-37-38-39-40-42-45-48-51-54-57-60-67(71)69-65(64-76-78(73,74)75-63-62-70(4,5)6)66(59-56-53-50-47-44-41-27-24-21-18-15-12-9-3)77-68(72)61-58-55-52-49-46-43-29-26-23-20-17-14-11-8-2/h11,14,19-20,22-23,28,30,32-33,56,59,65-66H,7-10,12-13,15-18,21,24-27,29,31,34-55,57-58,60-64H2,1-6H3,(H-,69,71,73,74)/b14-11+,22-19-,23-20+,30-28-,33-32-,59-56-. The van der Waals surface area contributed by atoms with Gasteiger partial charge in [0.05, 0.1) is 33.8 Å². The average molecular weight is 1110 g/mol. The van der Waals surface area contributed by atoms with E-state index < -0.39 is 26.6 Å². The van der Waals surface area contributed by atoms with Crippen LogP contribution in [0.3, 0.4) is 0 Å². The summed E-state index contributed by atoms with van der Waals surface area (Å²) < 4.78 is 30.4. The van der Waals surface area contributed by atoms with Gasteiger partial charge in [0.1, 0.15) is 19.3 Å². The monoisotopic (exact) mass is 1110 g/mol. The van der Waals surface area contributed by atoms with Gasteiger partial charge < -0.3 is 28.5 Å². The van der Waals surface area contributed by atoms with Gasteiger partial charge in [-0.15, -0.1) is 0 Å². The van der Waals surface area contributed by atoms with Crippen molar-refractivity contribution in [3.63, 3.8) is 0 Å². The van der Waals surface area contributed by atoms with Crippen LogP contribution >= 0.6 is 7.82 Å².